The van der Waals surface area contributed by atoms with Gasteiger partial charge in [0.05, 0.1) is 17.5 Å². The van der Waals surface area contributed by atoms with E-state index in [0.29, 0.717) is 12.1 Å². The number of allylic oxidation sites excluding steroid dienone is 2. The van der Waals surface area contributed by atoms with Crippen LogP contribution in [0.4, 0.5) is 0 Å². The van der Waals surface area contributed by atoms with Gasteiger partial charge in [0, 0.05) is 45.6 Å². The molecule has 4 heterocycles. The van der Waals surface area contributed by atoms with Crippen LogP contribution >= 0.6 is 0 Å². The number of hydrogen-bond donors (Lipinski definition) is 0. The molecule has 2 aliphatic rings. The van der Waals surface area contributed by atoms with Gasteiger partial charge in [-0.25, -0.2) is 4.98 Å². The predicted octanol–water partition coefficient (Wildman–Crippen LogP) is 7.26. The lowest BCUT2D eigenvalue weighted by Crippen LogP contribution is -2.27. The van der Waals surface area contributed by atoms with Crippen LogP contribution in [-0.2, 0) is 6.42 Å². The van der Waals surface area contributed by atoms with Gasteiger partial charge in [-0.3, -0.25) is 9.98 Å². The number of aryl methyl sites for hydroxylation is 2. The number of fused-ring (bicyclic) bond motifs is 8. The van der Waals surface area contributed by atoms with Crippen molar-refractivity contribution in [1.82, 2.24) is 4.98 Å². The maximum Gasteiger partial charge on any atom is 0.227 e. The highest BCUT2D eigenvalue weighted by atomic mass is 16.3. The molecule has 0 saturated carbocycles. The third kappa shape index (κ3) is 3.48. The van der Waals surface area contributed by atoms with Crippen LogP contribution in [-0.4, -0.2) is 22.4 Å². The van der Waals surface area contributed by atoms with Crippen LogP contribution in [0.2, 0.25) is 0 Å². The van der Waals surface area contributed by atoms with Crippen molar-refractivity contribution in [2.75, 3.05) is 0 Å². The number of furan rings is 1. The number of rotatable bonds is 2. The lowest BCUT2D eigenvalue weighted by molar-refractivity contribution is 0.490. The molecule has 0 amide bonds. The molecule has 35 heavy (non-hydrogen) atoms. The Morgan fingerprint density at radius 2 is 1.77 bits per heavy atom. The zero-order valence-corrected chi connectivity index (χ0v) is 19.9. The van der Waals surface area contributed by atoms with E-state index in [2.05, 4.69) is 67.2 Å². The van der Waals surface area contributed by atoms with Crippen molar-refractivity contribution >= 4 is 33.5 Å². The van der Waals surface area contributed by atoms with Crippen molar-refractivity contribution in [2.45, 2.75) is 38.1 Å². The zero-order chi connectivity index (χ0) is 24.1. The molecule has 4 aromatic rings. The molecule has 0 spiro atoms. The number of nitrogens with zero attached hydrogens (tertiary/aromatic N) is 3. The van der Waals surface area contributed by atoms with Gasteiger partial charge in [-0.15, -0.1) is 0 Å². The largest absolute Gasteiger partial charge is 0.437 e. The van der Waals surface area contributed by atoms with Crippen LogP contribution in [0.1, 0.15) is 46.7 Å². The van der Waals surface area contributed by atoms with Crippen molar-refractivity contribution in [2.24, 2.45) is 9.98 Å². The minimum absolute atomic E-state index is 0.0730. The van der Waals surface area contributed by atoms with E-state index >= 15 is 0 Å². The minimum atomic E-state index is 0.0730. The second-order valence-corrected chi connectivity index (χ2v) is 9.37. The molecule has 2 atom stereocenters. The second kappa shape index (κ2) is 8.31. The summed E-state index contributed by atoms with van der Waals surface area (Å²) in [6.07, 6.45) is 6.19. The molecule has 0 saturated heterocycles. The molecule has 0 fully saturated rings. The van der Waals surface area contributed by atoms with Gasteiger partial charge < -0.3 is 4.42 Å². The molecule has 0 radical (unpaired) electrons. The summed E-state index contributed by atoms with van der Waals surface area (Å²) in [4.78, 5) is 14.7. The van der Waals surface area contributed by atoms with Crippen molar-refractivity contribution < 1.29 is 4.42 Å². The highest BCUT2D eigenvalue weighted by molar-refractivity contribution is 6.19. The number of pyridine rings is 1. The monoisotopic (exact) mass is 457 g/mol. The van der Waals surface area contributed by atoms with Crippen LogP contribution in [0, 0.1) is 6.92 Å². The molecule has 0 aliphatic carbocycles. The Morgan fingerprint density at radius 3 is 2.60 bits per heavy atom. The maximum absolute atomic E-state index is 6.36. The molecule has 6 rings (SSSR count). The summed E-state index contributed by atoms with van der Waals surface area (Å²) in [7, 11) is 0. The molecule has 2 unspecified atom stereocenters. The van der Waals surface area contributed by atoms with E-state index in [0.717, 1.165) is 57.6 Å². The highest BCUT2D eigenvalue weighted by Gasteiger charge is 2.31. The molecular formula is C31H27N3O. The topological polar surface area (TPSA) is 50.8 Å². The first-order valence-corrected chi connectivity index (χ1v) is 12.1. The van der Waals surface area contributed by atoms with Gasteiger partial charge in [0.15, 0.2) is 0 Å². The Balaban J connectivity index is 1.55. The van der Waals surface area contributed by atoms with E-state index in [9.17, 15) is 0 Å². The molecule has 172 valence electrons. The first kappa shape index (κ1) is 21.5. The summed E-state index contributed by atoms with van der Waals surface area (Å²) in [5.74, 6) is 0.274. The Bertz CT molecular complexity index is 1600. The molecule has 0 bridgehead atoms. The van der Waals surface area contributed by atoms with Gasteiger partial charge in [0.25, 0.3) is 0 Å². The third-order valence-electron chi connectivity index (χ3n) is 7.23. The van der Waals surface area contributed by atoms with Crippen LogP contribution in [0.3, 0.4) is 0 Å². The van der Waals surface area contributed by atoms with Crippen LogP contribution in [0.25, 0.3) is 22.1 Å². The molecular weight excluding hydrogens is 430 g/mol. The quantitative estimate of drug-likeness (QED) is 0.318. The summed E-state index contributed by atoms with van der Waals surface area (Å²) < 4.78 is 6.36. The van der Waals surface area contributed by atoms with Gasteiger partial charge in [-0.2, -0.15) is 0 Å². The second-order valence-electron chi connectivity index (χ2n) is 9.37. The molecule has 4 nitrogen and oxygen atoms in total. The summed E-state index contributed by atoms with van der Waals surface area (Å²) >= 11 is 0. The van der Waals surface area contributed by atoms with Crippen LogP contribution < -0.4 is 0 Å². The van der Waals surface area contributed by atoms with Crippen LogP contribution in [0.5, 0.6) is 0 Å². The van der Waals surface area contributed by atoms with E-state index in [1.54, 1.807) is 0 Å². The Kier molecular flexibility index (Phi) is 5.10. The van der Waals surface area contributed by atoms with Crippen molar-refractivity contribution in [3.05, 3.63) is 114 Å². The fraction of sp³-hybridized carbons (Fsp3) is 0.194. The van der Waals surface area contributed by atoms with Crippen LogP contribution in [0.15, 0.2) is 101 Å². The molecule has 2 aromatic carbocycles. The van der Waals surface area contributed by atoms with Gasteiger partial charge in [-0.1, -0.05) is 56.1 Å². The van der Waals surface area contributed by atoms with E-state index in [-0.39, 0.29) is 12.0 Å². The number of benzene rings is 2. The smallest absolute Gasteiger partial charge is 0.227 e. The zero-order valence-electron chi connectivity index (χ0n) is 19.9. The number of aliphatic imine (C=N–C) groups is 2. The maximum atomic E-state index is 6.36. The number of hydrogen-bond acceptors (Lipinski definition) is 4. The average Bonchev–Trinajstić information content (AvgIpc) is 3.23. The molecule has 2 aliphatic heterocycles. The van der Waals surface area contributed by atoms with Gasteiger partial charge in [0.1, 0.15) is 5.58 Å². The summed E-state index contributed by atoms with van der Waals surface area (Å²) in [6, 6.07) is 17.1. The highest BCUT2D eigenvalue weighted by Crippen LogP contribution is 2.40. The lowest BCUT2D eigenvalue weighted by Gasteiger charge is -2.32. The van der Waals surface area contributed by atoms with Gasteiger partial charge in [-0.05, 0) is 55.2 Å². The Labute approximate surface area is 205 Å². The van der Waals surface area contributed by atoms with E-state index in [1.807, 2.05) is 25.1 Å². The third-order valence-corrected chi connectivity index (χ3v) is 7.23. The van der Waals surface area contributed by atoms with Crippen molar-refractivity contribution in [3.8, 4) is 0 Å². The summed E-state index contributed by atoms with van der Waals surface area (Å²) in [5.41, 5.74) is 9.61. The molecule has 0 N–H and O–H groups in total. The lowest BCUT2D eigenvalue weighted by atomic mass is 9.78. The number of aromatic nitrogens is 1. The minimum Gasteiger partial charge on any atom is -0.437 e. The Morgan fingerprint density at radius 1 is 0.971 bits per heavy atom. The molecule has 2 aromatic heterocycles. The summed E-state index contributed by atoms with van der Waals surface area (Å²) in [5, 5.41) is 2.06. The first-order chi connectivity index (χ1) is 17.1. The van der Waals surface area contributed by atoms with E-state index in [4.69, 9.17) is 14.4 Å². The fourth-order valence-corrected chi connectivity index (χ4v) is 5.61. The van der Waals surface area contributed by atoms with E-state index < -0.39 is 0 Å². The van der Waals surface area contributed by atoms with Gasteiger partial charge in [0.2, 0.25) is 5.71 Å². The predicted molar refractivity (Wildman–Crippen MR) is 145 cm³/mol. The normalized spacial score (nSPS) is 19.9. The van der Waals surface area contributed by atoms with E-state index in [1.165, 1.54) is 16.7 Å². The molecule has 4 heteroatoms. The summed E-state index contributed by atoms with van der Waals surface area (Å²) in [6.45, 7) is 14.4. The standard InChI is InChI=1S/C31H27N3O/c1-5-26-22-10-8-7-9-21(22)23-15-12-20-13-16-24-25-14-11-18(3)33-31(25)35-30(24)29(20)27(6-2)32-19(4)17-28(23)34-26/h5-11,13-14,16,23,28H,1-2,4,12,15,17H2,3H3. The SMILES string of the molecule is C=CC1=NC2CC(=C)N=C(C=C)c3c(ccc4c3oc3nc(C)ccc34)CCC2c2ccccc21. The first-order valence-electron chi connectivity index (χ1n) is 12.1. The van der Waals surface area contributed by atoms with Crippen molar-refractivity contribution in [3.63, 3.8) is 0 Å². The fourth-order valence-electron chi connectivity index (χ4n) is 5.61. The average molecular weight is 458 g/mol. The Hall–Kier alpha value is -4.05. The van der Waals surface area contributed by atoms with Gasteiger partial charge >= 0.3 is 0 Å². The van der Waals surface area contributed by atoms with Crippen molar-refractivity contribution in [1.29, 1.82) is 0 Å².